The number of hydrogen-bond donors (Lipinski definition) is 0. The van der Waals surface area contributed by atoms with Crippen LogP contribution in [0.1, 0.15) is 21.7 Å². The van der Waals surface area contributed by atoms with Gasteiger partial charge in [-0.05, 0) is 48.9 Å². The topological polar surface area (TPSA) is 63.4 Å². The van der Waals surface area contributed by atoms with Crippen LogP contribution in [0.15, 0.2) is 67.1 Å². The number of rotatable bonds is 4. The van der Waals surface area contributed by atoms with E-state index in [1.165, 1.54) is 11.3 Å². The minimum atomic E-state index is -0.166. The van der Waals surface area contributed by atoms with Crippen LogP contribution in [0, 0.1) is 6.92 Å². The average molecular weight is 434 g/mol. The summed E-state index contributed by atoms with van der Waals surface area (Å²) in [7, 11) is 0. The fraction of sp³-hybridized carbons (Fsp3) is 0.0909. The van der Waals surface area contributed by atoms with Crippen molar-refractivity contribution in [1.29, 1.82) is 0 Å². The highest BCUT2D eigenvalue weighted by Gasteiger charge is 2.26. The lowest BCUT2D eigenvalue weighted by Gasteiger charge is -2.20. The van der Waals surface area contributed by atoms with Crippen molar-refractivity contribution in [2.45, 2.75) is 13.5 Å². The van der Waals surface area contributed by atoms with Gasteiger partial charge in [-0.25, -0.2) is 9.97 Å². The molecule has 4 aromatic heterocycles. The molecule has 0 radical (unpaired) electrons. The molecule has 0 unspecified atom stereocenters. The van der Waals surface area contributed by atoms with Crippen molar-refractivity contribution < 1.29 is 4.79 Å². The Morgan fingerprint density at radius 1 is 1.17 bits per heavy atom. The van der Waals surface area contributed by atoms with Crippen LogP contribution in [0.4, 0.5) is 5.13 Å². The molecule has 4 heterocycles. The molecule has 0 N–H and O–H groups in total. The smallest absolute Gasteiger partial charge is 0.279 e. The van der Waals surface area contributed by atoms with Crippen LogP contribution in [0.5, 0.6) is 0 Å². The Morgan fingerprint density at radius 2 is 2.07 bits per heavy atom. The number of halogens is 1. The van der Waals surface area contributed by atoms with Crippen molar-refractivity contribution in [3.05, 3.63) is 89.1 Å². The maximum atomic E-state index is 13.8. The van der Waals surface area contributed by atoms with Gasteiger partial charge in [-0.2, -0.15) is 0 Å². The lowest BCUT2D eigenvalue weighted by molar-refractivity contribution is 0.0979. The third-order valence-electron chi connectivity index (χ3n) is 4.79. The molecule has 8 heteroatoms. The monoisotopic (exact) mass is 433 g/mol. The van der Waals surface area contributed by atoms with Crippen molar-refractivity contribution in [1.82, 2.24) is 19.4 Å². The number of imidazole rings is 1. The molecule has 6 nitrogen and oxygen atoms in total. The highest BCUT2D eigenvalue weighted by molar-refractivity contribution is 7.22. The summed E-state index contributed by atoms with van der Waals surface area (Å²) >= 11 is 7.58. The second kappa shape index (κ2) is 7.51. The SMILES string of the molecule is Cc1nc2ccccn2c1C(=O)N(Cc1cccnc1)c1nc2ccc(Cl)cc2s1. The first-order valence-electron chi connectivity index (χ1n) is 9.31. The van der Waals surface area contributed by atoms with Crippen LogP contribution in [-0.2, 0) is 6.54 Å². The van der Waals surface area contributed by atoms with Crippen molar-refractivity contribution in [3.63, 3.8) is 0 Å². The van der Waals surface area contributed by atoms with Crippen molar-refractivity contribution in [2.24, 2.45) is 0 Å². The van der Waals surface area contributed by atoms with Gasteiger partial charge < -0.3 is 0 Å². The van der Waals surface area contributed by atoms with Gasteiger partial charge in [-0.1, -0.05) is 35.1 Å². The number of carbonyl (C=O) groups excluding carboxylic acids is 1. The van der Waals surface area contributed by atoms with Gasteiger partial charge in [0.05, 0.1) is 22.5 Å². The molecule has 0 fully saturated rings. The second-order valence-electron chi connectivity index (χ2n) is 6.84. The number of thiazole rings is 1. The van der Waals surface area contributed by atoms with Gasteiger partial charge in [-0.3, -0.25) is 19.1 Å². The van der Waals surface area contributed by atoms with E-state index in [1.54, 1.807) is 23.4 Å². The van der Waals surface area contributed by atoms with Crippen LogP contribution in [-0.4, -0.2) is 25.3 Å². The predicted molar refractivity (Wildman–Crippen MR) is 119 cm³/mol. The van der Waals surface area contributed by atoms with E-state index in [4.69, 9.17) is 16.6 Å². The molecule has 0 aliphatic heterocycles. The number of fused-ring (bicyclic) bond motifs is 2. The summed E-state index contributed by atoms with van der Waals surface area (Å²) in [6.45, 7) is 2.19. The Hall–Kier alpha value is -3.29. The van der Waals surface area contributed by atoms with Crippen LogP contribution >= 0.6 is 22.9 Å². The van der Waals surface area contributed by atoms with E-state index in [0.717, 1.165) is 21.4 Å². The molecule has 1 amide bonds. The third-order valence-corrected chi connectivity index (χ3v) is 6.06. The van der Waals surface area contributed by atoms with Gasteiger partial charge in [0.25, 0.3) is 5.91 Å². The van der Waals surface area contributed by atoms with E-state index < -0.39 is 0 Å². The fourth-order valence-corrected chi connectivity index (χ4v) is 4.64. The van der Waals surface area contributed by atoms with Crippen molar-refractivity contribution in [2.75, 3.05) is 4.90 Å². The minimum Gasteiger partial charge on any atom is -0.295 e. The zero-order valence-corrected chi connectivity index (χ0v) is 17.6. The number of amides is 1. The molecule has 0 spiro atoms. The predicted octanol–water partition coefficient (Wildman–Crippen LogP) is 5.15. The first-order valence-corrected chi connectivity index (χ1v) is 10.5. The molecule has 5 aromatic rings. The number of pyridine rings is 2. The lowest BCUT2D eigenvalue weighted by atomic mass is 10.2. The Kier molecular flexibility index (Phi) is 4.69. The number of nitrogens with zero attached hydrogens (tertiary/aromatic N) is 5. The third kappa shape index (κ3) is 3.32. The largest absolute Gasteiger partial charge is 0.295 e. The number of aryl methyl sites for hydroxylation is 1. The zero-order chi connectivity index (χ0) is 20.7. The van der Waals surface area contributed by atoms with Crippen LogP contribution in [0.25, 0.3) is 15.9 Å². The summed E-state index contributed by atoms with van der Waals surface area (Å²) in [5.74, 6) is -0.166. The first-order chi connectivity index (χ1) is 14.6. The summed E-state index contributed by atoms with van der Waals surface area (Å²) in [4.78, 5) is 28.9. The van der Waals surface area contributed by atoms with E-state index in [-0.39, 0.29) is 5.91 Å². The molecule has 30 heavy (non-hydrogen) atoms. The molecular formula is C22H16ClN5OS. The second-order valence-corrected chi connectivity index (χ2v) is 8.28. The summed E-state index contributed by atoms with van der Waals surface area (Å²) in [5.41, 5.74) is 3.64. The Balaban J connectivity index is 1.64. The fourth-order valence-electron chi connectivity index (χ4n) is 3.40. The van der Waals surface area contributed by atoms with Crippen molar-refractivity contribution >= 4 is 49.8 Å². The molecule has 5 rings (SSSR count). The maximum Gasteiger partial charge on any atom is 0.279 e. The van der Waals surface area contributed by atoms with Crippen LogP contribution in [0.2, 0.25) is 5.02 Å². The van der Waals surface area contributed by atoms with Gasteiger partial charge >= 0.3 is 0 Å². The molecule has 0 saturated heterocycles. The number of hydrogen-bond acceptors (Lipinski definition) is 5. The standard InChI is InChI=1S/C22H16ClN5OS/c1-14-20(27-10-3-2-6-19(27)25-14)21(29)28(13-15-5-4-9-24-12-15)22-26-17-8-7-16(23)11-18(17)30-22/h2-12H,13H2,1H3. The van der Waals surface area contributed by atoms with Gasteiger partial charge in [0.2, 0.25) is 0 Å². The van der Waals surface area contributed by atoms with Gasteiger partial charge in [0, 0.05) is 23.6 Å². The molecule has 148 valence electrons. The van der Waals surface area contributed by atoms with E-state index in [2.05, 4.69) is 9.97 Å². The normalized spacial score (nSPS) is 11.3. The first kappa shape index (κ1) is 18.7. The number of carbonyl (C=O) groups is 1. The number of aromatic nitrogens is 4. The lowest BCUT2D eigenvalue weighted by Crippen LogP contribution is -2.31. The van der Waals surface area contributed by atoms with E-state index >= 15 is 0 Å². The average Bonchev–Trinajstić information content (AvgIpc) is 3.31. The van der Waals surface area contributed by atoms with Crippen LogP contribution in [0.3, 0.4) is 0 Å². The summed E-state index contributed by atoms with van der Waals surface area (Å²) in [6, 6.07) is 15.0. The van der Waals surface area contributed by atoms with Crippen molar-refractivity contribution in [3.8, 4) is 0 Å². The van der Waals surface area contributed by atoms with E-state index in [9.17, 15) is 4.79 Å². The molecule has 0 atom stereocenters. The minimum absolute atomic E-state index is 0.166. The Morgan fingerprint density at radius 3 is 2.90 bits per heavy atom. The molecule has 1 aromatic carbocycles. The quantitative estimate of drug-likeness (QED) is 0.393. The highest BCUT2D eigenvalue weighted by atomic mass is 35.5. The van der Waals surface area contributed by atoms with E-state index in [0.29, 0.717) is 28.1 Å². The molecular weight excluding hydrogens is 418 g/mol. The number of benzene rings is 1. The van der Waals surface area contributed by atoms with Gasteiger partial charge in [-0.15, -0.1) is 0 Å². The van der Waals surface area contributed by atoms with E-state index in [1.807, 2.05) is 60.0 Å². The summed E-state index contributed by atoms with van der Waals surface area (Å²) in [5, 5.41) is 1.24. The number of anilines is 1. The van der Waals surface area contributed by atoms with Gasteiger partial charge in [0.15, 0.2) is 5.13 Å². The maximum absolute atomic E-state index is 13.8. The molecule has 0 aliphatic carbocycles. The zero-order valence-electron chi connectivity index (χ0n) is 16.0. The highest BCUT2D eigenvalue weighted by Crippen LogP contribution is 2.32. The summed E-state index contributed by atoms with van der Waals surface area (Å²) < 4.78 is 2.74. The Bertz CT molecular complexity index is 1380. The Labute approximate surface area is 181 Å². The summed E-state index contributed by atoms with van der Waals surface area (Å²) in [6.07, 6.45) is 5.32. The van der Waals surface area contributed by atoms with Crippen LogP contribution < -0.4 is 4.90 Å². The molecule has 0 saturated carbocycles. The molecule has 0 aliphatic rings. The molecule has 0 bridgehead atoms. The van der Waals surface area contributed by atoms with Gasteiger partial charge in [0.1, 0.15) is 11.3 Å².